The Hall–Kier alpha value is -0.670. The van der Waals surface area contributed by atoms with E-state index in [9.17, 15) is 8.78 Å². The van der Waals surface area contributed by atoms with Crippen molar-refractivity contribution in [1.29, 1.82) is 0 Å². The summed E-state index contributed by atoms with van der Waals surface area (Å²) in [6.45, 7) is 0.890. The van der Waals surface area contributed by atoms with E-state index >= 15 is 0 Å². The molecule has 0 saturated carbocycles. The van der Waals surface area contributed by atoms with E-state index in [1.165, 1.54) is 6.07 Å². The van der Waals surface area contributed by atoms with E-state index in [1.54, 1.807) is 6.07 Å². The number of halogens is 3. The first-order valence-corrected chi connectivity index (χ1v) is 3.96. The van der Waals surface area contributed by atoms with Crippen LogP contribution < -0.4 is 5.32 Å². The van der Waals surface area contributed by atoms with E-state index in [0.29, 0.717) is 5.56 Å². The summed E-state index contributed by atoms with van der Waals surface area (Å²) in [7, 11) is 0. The molecule has 0 unspecified atom stereocenters. The number of rotatable bonds is 1. The molecule has 0 amide bonds. The van der Waals surface area contributed by atoms with Crippen LogP contribution in [0.1, 0.15) is 18.0 Å². The molecule has 1 aliphatic heterocycles. The van der Waals surface area contributed by atoms with Gasteiger partial charge in [0.05, 0.1) is 0 Å². The van der Waals surface area contributed by atoms with E-state index in [4.69, 9.17) is 0 Å². The molecule has 1 atom stereocenters. The highest BCUT2D eigenvalue weighted by Gasteiger charge is 2.22. The number of hydrogen-bond donors (Lipinski definition) is 1. The number of nitrogens with one attached hydrogen (secondary N) is 1. The maximum atomic E-state index is 13.1. The van der Waals surface area contributed by atoms with Gasteiger partial charge in [-0.1, -0.05) is 12.1 Å². The first kappa shape index (κ1) is 10.4. The van der Waals surface area contributed by atoms with Gasteiger partial charge in [0, 0.05) is 11.6 Å². The molecule has 72 valence electrons. The van der Waals surface area contributed by atoms with Gasteiger partial charge in [-0.2, -0.15) is 0 Å². The van der Waals surface area contributed by atoms with Gasteiger partial charge in [0.15, 0.2) is 11.6 Å². The second-order valence-electron chi connectivity index (χ2n) is 2.94. The average molecular weight is 206 g/mol. The Labute approximate surface area is 81.6 Å². The summed E-state index contributed by atoms with van der Waals surface area (Å²) in [5.41, 5.74) is 0.446. The van der Waals surface area contributed by atoms with Crippen LogP contribution in [0.3, 0.4) is 0 Å². The quantitative estimate of drug-likeness (QED) is 0.743. The second kappa shape index (κ2) is 4.03. The van der Waals surface area contributed by atoms with Crippen LogP contribution in [0.4, 0.5) is 8.78 Å². The second-order valence-corrected chi connectivity index (χ2v) is 2.94. The third-order valence-electron chi connectivity index (χ3n) is 2.18. The summed E-state index contributed by atoms with van der Waals surface area (Å²) in [5.74, 6) is -1.48. The van der Waals surface area contributed by atoms with Gasteiger partial charge >= 0.3 is 0 Å². The van der Waals surface area contributed by atoms with Crippen LogP contribution in [0.5, 0.6) is 0 Å². The Balaban J connectivity index is 0.000000845. The third-order valence-corrected chi connectivity index (χ3v) is 2.18. The molecule has 1 aromatic carbocycles. The lowest BCUT2D eigenvalue weighted by Gasteiger charge is -2.28. The fourth-order valence-corrected chi connectivity index (χ4v) is 1.34. The van der Waals surface area contributed by atoms with Gasteiger partial charge in [0.1, 0.15) is 0 Å². The van der Waals surface area contributed by atoms with Crippen LogP contribution in [0.15, 0.2) is 18.2 Å². The van der Waals surface area contributed by atoms with Crippen molar-refractivity contribution in [2.45, 2.75) is 12.5 Å². The summed E-state index contributed by atoms with van der Waals surface area (Å²) in [6.07, 6.45) is 0.889. The molecule has 0 aliphatic carbocycles. The Kier molecular flexibility index (Phi) is 3.22. The van der Waals surface area contributed by atoms with E-state index in [-0.39, 0.29) is 18.4 Å². The van der Waals surface area contributed by atoms with Gasteiger partial charge in [-0.05, 0) is 19.0 Å². The lowest BCUT2D eigenvalue weighted by Crippen LogP contribution is -2.35. The summed E-state index contributed by atoms with van der Waals surface area (Å²) < 4.78 is 25.8. The topological polar surface area (TPSA) is 12.0 Å². The Morgan fingerprint density at radius 2 is 2.00 bits per heavy atom. The Bertz CT molecular complexity index is 300. The minimum Gasteiger partial charge on any atom is -0.310 e. The van der Waals surface area contributed by atoms with Crippen molar-refractivity contribution in [2.24, 2.45) is 0 Å². The molecule has 0 bridgehead atoms. The molecule has 1 fully saturated rings. The first-order valence-electron chi connectivity index (χ1n) is 3.96. The van der Waals surface area contributed by atoms with E-state index < -0.39 is 11.6 Å². The summed E-state index contributed by atoms with van der Waals surface area (Å²) in [5, 5.41) is 3.02. The molecule has 1 aromatic rings. The van der Waals surface area contributed by atoms with Gasteiger partial charge in [-0.25, -0.2) is 8.78 Å². The fourth-order valence-electron chi connectivity index (χ4n) is 1.34. The maximum Gasteiger partial charge on any atom is 0.163 e. The van der Waals surface area contributed by atoms with Crippen molar-refractivity contribution < 1.29 is 8.78 Å². The minimum absolute atomic E-state index is 0. The Morgan fingerprint density at radius 3 is 2.54 bits per heavy atom. The molecule has 1 N–H and O–H groups in total. The highest BCUT2D eigenvalue weighted by molar-refractivity contribution is 5.85. The molecule has 1 heterocycles. The highest BCUT2D eigenvalue weighted by atomic mass is 35.5. The molecule has 13 heavy (non-hydrogen) atoms. The fraction of sp³-hybridized carbons (Fsp3) is 0.333. The van der Waals surface area contributed by atoms with Crippen molar-refractivity contribution >= 4 is 12.4 Å². The van der Waals surface area contributed by atoms with Crippen LogP contribution in [0.25, 0.3) is 0 Å². The van der Waals surface area contributed by atoms with Crippen LogP contribution in [0.2, 0.25) is 0 Å². The molecule has 1 nitrogen and oxygen atoms in total. The molecule has 0 aromatic heterocycles. The van der Waals surface area contributed by atoms with Gasteiger partial charge in [0.25, 0.3) is 0 Å². The minimum atomic E-state index is -0.763. The number of hydrogen-bond acceptors (Lipinski definition) is 1. The third kappa shape index (κ3) is 1.81. The van der Waals surface area contributed by atoms with Crippen LogP contribution in [-0.2, 0) is 0 Å². The van der Waals surface area contributed by atoms with Crippen LogP contribution in [-0.4, -0.2) is 6.54 Å². The average Bonchev–Trinajstić information content (AvgIpc) is 1.95. The van der Waals surface area contributed by atoms with E-state index in [1.807, 2.05) is 0 Å². The van der Waals surface area contributed by atoms with Crippen molar-refractivity contribution in [2.75, 3.05) is 6.54 Å². The van der Waals surface area contributed by atoms with Gasteiger partial charge < -0.3 is 5.32 Å². The molecule has 0 spiro atoms. The molecular weight excluding hydrogens is 196 g/mol. The van der Waals surface area contributed by atoms with E-state index in [2.05, 4.69) is 5.32 Å². The molecule has 1 saturated heterocycles. The lowest BCUT2D eigenvalue weighted by molar-refractivity contribution is 0.363. The summed E-state index contributed by atoms with van der Waals surface area (Å²) >= 11 is 0. The molecule has 2 rings (SSSR count). The highest BCUT2D eigenvalue weighted by Crippen LogP contribution is 2.25. The SMILES string of the molecule is Cl.Fc1cccc([C@H]2CCN2)c1F. The summed E-state index contributed by atoms with van der Waals surface area (Å²) in [4.78, 5) is 0. The van der Waals surface area contributed by atoms with E-state index in [0.717, 1.165) is 19.0 Å². The van der Waals surface area contributed by atoms with Gasteiger partial charge in [-0.3, -0.25) is 0 Å². The van der Waals surface area contributed by atoms with Gasteiger partial charge in [0.2, 0.25) is 0 Å². The van der Waals surface area contributed by atoms with Gasteiger partial charge in [-0.15, -0.1) is 12.4 Å². The lowest BCUT2D eigenvalue weighted by atomic mass is 9.97. The largest absolute Gasteiger partial charge is 0.310 e. The summed E-state index contributed by atoms with van der Waals surface area (Å²) in [6, 6.07) is 4.31. The van der Waals surface area contributed by atoms with Crippen LogP contribution >= 0.6 is 12.4 Å². The normalized spacial score (nSPS) is 20.3. The predicted octanol–water partition coefficient (Wildman–Crippen LogP) is 2.42. The van der Waals surface area contributed by atoms with Crippen LogP contribution in [0, 0.1) is 11.6 Å². The molecule has 4 heteroatoms. The smallest absolute Gasteiger partial charge is 0.163 e. The first-order chi connectivity index (χ1) is 5.79. The Morgan fingerprint density at radius 1 is 1.31 bits per heavy atom. The number of benzene rings is 1. The standard InChI is InChI=1S/C9H9F2N.ClH/c10-7-3-1-2-6(9(7)11)8-4-5-12-8;/h1-3,8,12H,4-5H2;1H/t8-;/m1./s1. The maximum absolute atomic E-state index is 13.1. The predicted molar refractivity (Wildman–Crippen MR) is 49.0 cm³/mol. The zero-order valence-electron chi connectivity index (χ0n) is 6.89. The molecule has 1 aliphatic rings. The zero-order chi connectivity index (χ0) is 8.55. The monoisotopic (exact) mass is 205 g/mol. The van der Waals surface area contributed by atoms with Crippen molar-refractivity contribution in [3.8, 4) is 0 Å². The van der Waals surface area contributed by atoms with Crippen molar-refractivity contribution in [3.63, 3.8) is 0 Å². The molecular formula is C9H10ClF2N. The molecule has 0 radical (unpaired) electrons. The van der Waals surface area contributed by atoms with Crippen molar-refractivity contribution in [3.05, 3.63) is 35.4 Å². The van der Waals surface area contributed by atoms with Crippen molar-refractivity contribution in [1.82, 2.24) is 5.32 Å². The zero-order valence-corrected chi connectivity index (χ0v) is 7.70.